The summed E-state index contributed by atoms with van der Waals surface area (Å²) in [7, 11) is 1.56. The molecule has 1 aromatic rings. The molecule has 5 nitrogen and oxygen atoms in total. The van der Waals surface area contributed by atoms with Crippen molar-refractivity contribution in [2.24, 2.45) is 5.10 Å². The molecule has 0 aromatic heterocycles. The van der Waals surface area contributed by atoms with Crippen LogP contribution in [0.3, 0.4) is 0 Å². The Bertz CT molecular complexity index is 461. The first kappa shape index (κ1) is 14.0. The fourth-order valence-electron chi connectivity index (χ4n) is 1.13. The summed E-state index contributed by atoms with van der Waals surface area (Å²) in [5, 5.41) is 16.7. The van der Waals surface area contributed by atoms with Gasteiger partial charge in [0.15, 0.2) is 5.11 Å². The summed E-state index contributed by atoms with van der Waals surface area (Å²) in [4.78, 5) is 0. The van der Waals surface area contributed by atoms with E-state index < -0.39 is 0 Å². The van der Waals surface area contributed by atoms with Crippen molar-refractivity contribution in [2.75, 3.05) is 13.7 Å². The van der Waals surface area contributed by atoms with Crippen LogP contribution in [0.25, 0.3) is 0 Å². The number of hydrazone groups is 1. The minimum absolute atomic E-state index is 0.117. The van der Waals surface area contributed by atoms with Gasteiger partial charge in [-0.25, -0.2) is 0 Å². The Hall–Kier alpha value is -2.08. The molecule has 1 aromatic carbocycles. The Kier molecular flexibility index (Phi) is 5.66. The highest BCUT2D eigenvalue weighted by Crippen LogP contribution is 2.20. The van der Waals surface area contributed by atoms with Gasteiger partial charge in [-0.1, -0.05) is 6.08 Å². The van der Waals surface area contributed by atoms with Crippen LogP contribution in [0.2, 0.25) is 0 Å². The number of ether oxygens (including phenoxy) is 1. The second-order valence-electron chi connectivity index (χ2n) is 3.29. The molecule has 0 saturated heterocycles. The maximum atomic E-state index is 9.60. The average Bonchev–Trinajstić information content (AvgIpc) is 2.38. The number of phenolic OH excluding ortho intramolecular Hbond substituents is 1. The van der Waals surface area contributed by atoms with E-state index in [1.54, 1.807) is 25.3 Å². The molecule has 0 heterocycles. The molecule has 3 N–H and O–H groups in total. The van der Waals surface area contributed by atoms with E-state index in [0.29, 0.717) is 23.0 Å². The van der Waals surface area contributed by atoms with Crippen LogP contribution in [0.1, 0.15) is 5.56 Å². The maximum Gasteiger partial charge on any atom is 0.187 e. The Labute approximate surface area is 111 Å². The average molecular weight is 265 g/mol. The van der Waals surface area contributed by atoms with Crippen molar-refractivity contribution in [3.05, 3.63) is 36.4 Å². The van der Waals surface area contributed by atoms with Crippen molar-refractivity contribution in [3.8, 4) is 11.5 Å². The molecule has 0 fully saturated rings. The molecule has 0 saturated carbocycles. The molecule has 18 heavy (non-hydrogen) atoms. The standard InChI is InChI=1S/C12H15N3O2S/c1-3-6-13-12(18)15-14-8-9-7-10(17-2)4-5-11(9)16/h3-5,7-8,16H,1,6H2,2H3,(H2,13,15,18). The van der Waals surface area contributed by atoms with Gasteiger partial charge in [0.1, 0.15) is 11.5 Å². The van der Waals surface area contributed by atoms with Gasteiger partial charge in [-0.2, -0.15) is 5.10 Å². The number of phenols is 1. The molecule has 0 aliphatic carbocycles. The second kappa shape index (κ2) is 7.29. The van der Waals surface area contributed by atoms with Crippen molar-refractivity contribution in [1.29, 1.82) is 0 Å². The summed E-state index contributed by atoms with van der Waals surface area (Å²) >= 11 is 4.95. The number of hydrogen-bond acceptors (Lipinski definition) is 4. The van der Waals surface area contributed by atoms with E-state index in [1.807, 2.05) is 0 Å². The van der Waals surface area contributed by atoms with E-state index in [1.165, 1.54) is 12.3 Å². The van der Waals surface area contributed by atoms with Gasteiger partial charge in [-0.05, 0) is 30.4 Å². The Morgan fingerprint density at radius 2 is 2.39 bits per heavy atom. The van der Waals surface area contributed by atoms with E-state index in [-0.39, 0.29) is 5.75 Å². The summed E-state index contributed by atoms with van der Waals surface area (Å²) in [6, 6.07) is 4.87. The van der Waals surface area contributed by atoms with Crippen molar-refractivity contribution in [1.82, 2.24) is 10.7 Å². The van der Waals surface area contributed by atoms with Crippen molar-refractivity contribution < 1.29 is 9.84 Å². The van der Waals surface area contributed by atoms with Crippen molar-refractivity contribution in [3.63, 3.8) is 0 Å². The van der Waals surface area contributed by atoms with Crippen LogP contribution in [-0.2, 0) is 0 Å². The molecule has 0 radical (unpaired) electrons. The van der Waals surface area contributed by atoms with Gasteiger partial charge in [0.05, 0.1) is 13.3 Å². The first-order valence-corrected chi connectivity index (χ1v) is 5.63. The molecular weight excluding hydrogens is 250 g/mol. The third-order valence-electron chi connectivity index (χ3n) is 2.01. The minimum atomic E-state index is 0.117. The molecule has 96 valence electrons. The summed E-state index contributed by atoms with van der Waals surface area (Å²) in [6.07, 6.45) is 3.14. The van der Waals surface area contributed by atoms with Crippen LogP contribution in [0.4, 0.5) is 0 Å². The summed E-state index contributed by atoms with van der Waals surface area (Å²) in [5.74, 6) is 0.757. The summed E-state index contributed by atoms with van der Waals surface area (Å²) in [6.45, 7) is 4.12. The van der Waals surface area contributed by atoms with Crippen LogP contribution < -0.4 is 15.5 Å². The third-order valence-corrected chi connectivity index (χ3v) is 2.25. The number of nitrogens with one attached hydrogen (secondary N) is 2. The van der Waals surface area contributed by atoms with E-state index in [9.17, 15) is 5.11 Å². The number of rotatable bonds is 5. The quantitative estimate of drug-likeness (QED) is 0.325. The minimum Gasteiger partial charge on any atom is -0.507 e. The van der Waals surface area contributed by atoms with E-state index in [4.69, 9.17) is 17.0 Å². The number of thiocarbonyl (C=S) groups is 1. The van der Waals surface area contributed by atoms with Gasteiger partial charge in [0.25, 0.3) is 0 Å². The molecule has 0 atom stereocenters. The Morgan fingerprint density at radius 1 is 1.61 bits per heavy atom. The lowest BCUT2D eigenvalue weighted by atomic mass is 10.2. The smallest absolute Gasteiger partial charge is 0.187 e. The zero-order valence-corrected chi connectivity index (χ0v) is 10.8. The molecule has 0 aliphatic heterocycles. The highest BCUT2D eigenvalue weighted by atomic mass is 32.1. The van der Waals surface area contributed by atoms with Gasteiger partial charge in [-0.15, -0.1) is 6.58 Å². The van der Waals surface area contributed by atoms with Crippen molar-refractivity contribution >= 4 is 23.5 Å². The first-order valence-electron chi connectivity index (χ1n) is 5.22. The van der Waals surface area contributed by atoms with Crippen LogP contribution >= 0.6 is 12.2 Å². The van der Waals surface area contributed by atoms with Gasteiger partial charge in [0, 0.05) is 12.1 Å². The fraction of sp³-hybridized carbons (Fsp3) is 0.167. The highest BCUT2D eigenvalue weighted by Gasteiger charge is 2.00. The number of nitrogens with zero attached hydrogens (tertiary/aromatic N) is 1. The molecule has 0 spiro atoms. The maximum absolute atomic E-state index is 9.60. The molecular formula is C12H15N3O2S. The molecule has 1 rings (SSSR count). The predicted molar refractivity (Wildman–Crippen MR) is 76.2 cm³/mol. The zero-order valence-electron chi connectivity index (χ0n) is 10.0. The van der Waals surface area contributed by atoms with Crippen LogP contribution in [0, 0.1) is 0 Å². The monoisotopic (exact) mass is 265 g/mol. The van der Waals surface area contributed by atoms with Gasteiger partial charge < -0.3 is 15.2 Å². The number of aromatic hydroxyl groups is 1. The topological polar surface area (TPSA) is 65.9 Å². The lowest BCUT2D eigenvalue weighted by Crippen LogP contribution is -2.31. The Morgan fingerprint density at radius 3 is 3.06 bits per heavy atom. The number of benzene rings is 1. The fourth-order valence-corrected chi connectivity index (χ4v) is 1.26. The second-order valence-corrected chi connectivity index (χ2v) is 3.70. The molecule has 0 aliphatic rings. The highest BCUT2D eigenvalue weighted by molar-refractivity contribution is 7.80. The normalized spacial score (nSPS) is 10.1. The zero-order chi connectivity index (χ0) is 13.4. The van der Waals surface area contributed by atoms with Gasteiger partial charge in [-0.3, -0.25) is 5.43 Å². The van der Waals surface area contributed by atoms with E-state index >= 15 is 0 Å². The van der Waals surface area contributed by atoms with Crippen LogP contribution in [-0.4, -0.2) is 30.1 Å². The molecule has 6 heteroatoms. The number of hydrogen-bond donors (Lipinski definition) is 3. The summed E-state index contributed by atoms with van der Waals surface area (Å²) in [5.41, 5.74) is 3.16. The first-order chi connectivity index (χ1) is 8.67. The van der Waals surface area contributed by atoms with E-state index in [2.05, 4.69) is 22.4 Å². The number of methoxy groups -OCH3 is 1. The van der Waals surface area contributed by atoms with Gasteiger partial charge in [0.2, 0.25) is 0 Å². The van der Waals surface area contributed by atoms with Crippen LogP contribution in [0.5, 0.6) is 11.5 Å². The lowest BCUT2D eigenvalue weighted by Gasteiger charge is -2.05. The van der Waals surface area contributed by atoms with Crippen molar-refractivity contribution in [2.45, 2.75) is 0 Å². The molecule has 0 unspecified atom stereocenters. The SMILES string of the molecule is C=CCNC(=S)NN=Cc1cc(OC)ccc1O. The molecule has 0 bridgehead atoms. The van der Waals surface area contributed by atoms with E-state index in [0.717, 1.165) is 0 Å². The molecule has 0 amide bonds. The predicted octanol–water partition coefficient (Wildman–Crippen LogP) is 1.38. The summed E-state index contributed by atoms with van der Waals surface area (Å²) < 4.78 is 5.05. The Balaban J connectivity index is 2.61. The van der Waals surface area contributed by atoms with Crippen LogP contribution in [0.15, 0.2) is 36.0 Å². The third kappa shape index (κ3) is 4.42. The van der Waals surface area contributed by atoms with Gasteiger partial charge >= 0.3 is 0 Å². The lowest BCUT2D eigenvalue weighted by molar-refractivity contribution is 0.412. The largest absolute Gasteiger partial charge is 0.507 e.